The number of esters is 1. The Hall–Kier alpha value is -1.36. The number of carbonyl (C=O) groups excluding carboxylic acids is 2. The normalized spacial score (nSPS) is 8.45. The molecule has 5 heteroatoms. The maximum Gasteiger partial charge on any atom is 0.369 e. The Balaban J connectivity index is 3.34. The van der Waals surface area contributed by atoms with E-state index in [4.69, 9.17) is 0 Å². The molecule has 0 rings (SSSR count). The average molecular weight is 160 g/mol. The van der Waals surface area contributed by atoms with Crippen LogP contribution in [0, 0.1) is 0 Å². The van der Waals surface area contributed by atoms with Crippen LogP contribution in [0.4, 0.5) is 0 Å². The van der Waals surface area contributed by atoms with Gasteiger partial charge in [0.05, 0.1) is 6.42 Å². The van der Waals surface area contributed by atoms with Crippen molar-refractivity contribution in [2.24, 2.45) is 0 Å². The molecule has 0 saturated heterocycles. The van der Waals surface area contributed by atoms with Crippen LogP contribution in [0.25, 0.3) is 0 Å². The molecule has 3 N–H and O–H groups in total. The van der Waals surface area contributed by atoms with Crippen molar-refractivity contribution in [2.75, 3.05) is 6.61 Å². The first-order valence-corrected chi connectivity index (χ1v) is 2.94. The summed E-state index contributed by atoms with van der Waals surface area (Å²) in [5.74, 6) is 1.83. The van der Waals surface area contributed by atoms with E-state index >= 15 is 0 Å². The summed E-state index contributed by atoms with van der Waals surface area (Å²) in [6.07, 6.45) is 1.04. The quantitative estimate of drug-likeness (QED) is 0.318. The standard InChI is InChI=1S/C6H10NO4/c1-2-5(8)10-4-3-6(9)11-7/h2H,1,3-4H2,7H3/q+1. The van der Waals surface area contributed by atoms with E-state index in [-0.39, 0.29) is 13.0 Å². The van der Waals surface area contributed by atoms with Gasteiger partial charge < -0.3 is 4.74 Å². The van der Waals surface area contributed by atoms with Gasteiger partial charge in [-0.1, -0.05) is 6.58 Å². The van der Waals surface area contributed by atoms with Crippen molar-refractivity contribution in [3.63, 3.8) is 0 Å². The predicted octanol–water partition coefficient (Wildman–Crippen LogP) is -1.19. The minimum Gasteiger partial charge on any atom is -0.462 e. The predicted molar refractivity (Wildman–Crippen MR) is 34.8 cm³/mol. The zero-order valence-electron chi connectivity index (χ0n) is 6.04. The highest BCUT2D eigenvalue weighted by molar-refractivity contribution is 5.81. The summed E-state index contributed by atoms with van der Waals surface area (Å²) in [6, 6.07) is 0. The van der Waals surface area contributed by atoms with Gasteiger partial charge in [-0.25, -0.2) is 9.59 Å². The van der Waals surface area contributed by atoms with E-state index in [1.807, 2.05) is 0 Å². The number of carbonyl (C=O) groups is 2. The van der Waals surface area contributed by atoms with Gasteiger partial charge in [-0.05, 0) is 0 Å². The largest absolute Gasteiger partial charge is 0.462 e. The van der Waals surface area contributed by atoms with Gasteiger partial charge in [0, 0.05) is 6.08 Å². The van der Waals surface area contributed by atoms with Crippen molar-refractivity contribution < 1.29 is 25.1 Å². The van der Waals surface area contributed by atoms with E-state index in [0.29, 0.717) is 0 Å². The fourth-order valence-corrected chi connectivity index (χ4v) is 0.366. The lowest BCUT2D eigenvalue weighted by Gasteiger charge is -1.97. The van der Waals surface area contributed by atoms with Gasteiger partial charge in [-0.2, -0.15) is 5.90 Å². The minimum absolute atomic E-state index is 0.000787. The molecule has 11 heavy (non-hydrogen) atoms. The molecule has 0 unspecified atom stereocenters. The highest BCUT2D eigenvalue weighted by atomic mass is 16.7. The van der Waals surface area contributed by atoms with E-state index in [9.17, 15) is 9.59 Å². The molecule has 0 amide bonds. The lowest BCUT2D eigenvalue weighted by atomic mass is 10.5. The van der Waals surface area contributed by atoms with Crippen LogP contribution < -0.4 is 5.90 Å². The third kappa shape index (κ3) is 5.10. The molecular formula is C6H10NO4+. The second-order valence-corrected chi connectivity index (χ2v) is 1.64. The zero-order valence-corrected chi connectivity index (χ0v) is 6.04. The van der Waals surface area contributed by atoms with Crippen LogP contribution in [0.3, 0.4) is 0 Å². The second kappa shape index (κ2) is 5.43. The molecule has 0 bridgehead atoms. The van der Waals surface area contributed by atoms with Gasteiger partial charge in [0.2, 0.25) is 0 Å². The molecule has 0 saturated carbocycles. The molecule has 0 radical (unpaired) electrons. The van der Waals surface area contributed by atoms with Gasteiger partial charge in [-0.3, -0.25) is 4.84 Å². The minimum atomic E-state index is -0.554. The highest BCUT2D eigenvalue weighted by Crippen LogP contribution is 1.85. The molecule has 5 nitrogen and oxygen atoms in total. The second-order valence-electron chi connectivity index (χ2n) is 1.64. The maximum atomic E-state index is 10.4. The number of rotatable bonds is 4. The molecule has 0 aliphatic rings. The van der Waals surface area contributed by atoms with Crippen LogP contribution >= 0.6 is 0 Å². The topological polar surface area (TPSA) is 80.2 Å². The Bertz CT molecular complexity index is 166. The van der Waals surface area contributed by atoms with Crippen LogP contribution in [0.1, 0.15) is 6.42 Å². The van der Waals surface area contributed by atoms with Crippen molar-refractivity contribution in [3.8, 4) is 0 Å². The molecule has 0 atom stereocenters. The summed E-state index contributed by atoms with van der Waals surface area (Å²) in [7, 11) is 0. The van der Waals surface area contributed by atoms with E-state index in [2.05, 4.69) is 22.1 Å². The third-order valence-corrected chi connectivity index (χ3v) is 0.878. The third-order valence-electron chi connectivity index (χ3n) is 0.878. The van der Waals surface area contributed by atoms with E-state index < -0.39 is 11.9 Å². The van der Waals surface area contributed by atoms with Crippen LogP contribution in [0.5, 0.6) is 0 Å². The number of hydrogen-bond acceptors (Lipinski definition) is 4. The molecule has 0 fully saturated rings. The smallest absolute Gasteiger partial charge is 0.369 e. The van der Waals surface area contributed by atoms with Crippen molar-refractivity contribution >= 4 is 11.9 Å². The SMILES string of the molecule is C=CC(=O)OCCC(=O)O[NH3+]. The first-order chi connectivity index (χ1) is 5.20. The molecule has 0 heterocycles. The molecule has 0 aliphatic carbocycles. The van der Waals surface area contributed by atoms with Crippen LogP contribution in [-0.2, 0) is 19.2 Å². The summed E-state index contributed by atoms with van der Waals surface area (Å²) in [5, 5.41) is 0. The number of hydrogen-bond donors (Lipinski definition) is 1. The van der Waals surface area contributed by atoms with Crippen molar-refractivity contribution in [1.82, 2.24) is 0 Å². The molecule has 62 valence electrons. The first-order valence-electron chi connectivity index (χ1n) is 2.94. The lowest BCUT2D eigenvalue weighted by molar-refractivity contribution is -0.657. The van der Waals surface area contributed by atoms with Gasteiger partial charge in [0.1, 0.15) is 6.61 Å². The van der Waals surface area contributed by atoms with Gasteiger partial charge in [-0.15, -0.1) is 0 Å². The summed E-state index contributed by atoms with van der Waals surface area (Å²) in [5.41, 5.74) is 0. The van der Waals surface area contributed by atoms with Gasteiger partial charge in [0.25, 0.3) is 0 Å². The zero-order chi connectivity index (χ0) is 8.69. The van der Waals surface area contributed by atoms with E-state index in [1.54, 1.807) is 0 Å². The summed E-state index contributed by atoms with van der Waals surface area (Å²) < 4.78 is 4.48. The van der Waals surface area contributed by atoms with Crippen molar-refractivity contribution in [2.45, 2.75) is 6.42 Å². The van der Waals surface area contributed by atoms with Crippen molar-refractivity contribution in [3.05, 3.63) is 12.7 Å². The van der Waals surface area contributed by atoms with Gasteiger partial charge >= 0.3 is 11.9 Å². The molecular weight excluding hydrogens is 150 g/mol. The Labute approximate surface area is 63.7 Å². The average Bonchev–Trinajstić information content (AvgIpc) is 2.04. The van der Waals surface area contributed by atoms with Crippen LogP contribution in [0.15, 0.2) is 12.7 Å². The monoisotopic (exact) mass is 160 g/mol. The van der Waals surface area contributed by atoms with E-state index in [0.717, 1.165) is 6.08 Å². The van der Waals surface area contributed by atoms with Gasteiger partial charge in [0.15, 0.2) is 0 Å². The number of quaternary nitrogens is 1. The Morgan fingerprint density at radius 3 is 2.64 bits per heavy atom. The summed E-state index contributed by atoms with van der Waals surface area (Å²) >= 11 is 0. The highest BCUT2D eigenvalue weighted by Gasteiger charge is 2.03. The molecule has 0 spiro atoms. The first kappa shape index (κ1) is 9.64. The fourth-order valence-electron chi connectivity index (χ4n) is 0.366. The molecule has 0 aromatic rings. The Kier molecular flexibility index (Phi) is 4.76. The Morgan fingerprint density at radius 1 is 1.55 bits per heavy atom. The molecule has 0 aromatic carbocycles. The Morgan fingerprint density at radius 2 is 2.18 bits per heavy atom. The van der Waals surface area contributed by atoms with Crippen LogP contribution in [0.2, 0.25) is 0 Å². The maximum absolute atomic E-state index is 10.4. The molecule has 0 aliphatic heterocycles. The lowest BCUT2D eigenvalue weighted by Crippen LogP contribution is -2.51. The fraction of sp³-hybridized carbons (Fsp3) is 0.333. The molecule has 0 aromatic heterocycles. The van der Waals surface area contributed by atoms with Crippen molar-refractivity contribution in [1.29, 1.82) is 0 Å². The van der Waals surface area contributed by atoms with E-state index in [1.165, 1.54) is 0 Å². The summed E-state index contributed by atoms with van der Waals surface area (Å²) in [6.45, 7) is 3.17. The summed E-state index contributed by atoms with van der Waals surface area (Å²) in [4.78, 5) is 24.8. The van der Waals surface area contributed by atoms with Crippen LogP contribution in [-0.4, -0.2) is 18.5 Å². The number of ether oxygens (including phenoxy) is 1.